The number of nitro groups is 1. The van der Waals surface area contributed by atoms with Crippen LogP contribution in [0, 0.1) is 24.0 Å². The first kappa shape index (κ1) is 16.9. The van der Waals surface area contributed by atoms with Gasteiger partial charge in [0.2, 0.25) is 10.0 Å². The number of piperidine rings is 1. The van der Waals surface area contributed by atoms with Gasteiger partial charge in [0.1, 0.15) is 0 Å². The van der Waals surface area contributed by atoms with Gasteiger partial charge in [-0.3, -0.25) is 10.1 Å². The van der Waals surface area contributed by atoms with Gasteiger partial charge in [-0.2, -0.15) is 4.31 Å². The maximum absolute atomic E-state index is 12.8. The largest absolute Gasteiger partial charge is 0.317 e. The fraction of sp³-hybridized carbons (Fsp3) is 0.571. The van der Waals surface area contributed by atoms with Crippen LogP contribution in [0.5, 0.6) is 0 Å². The third kappa shape index (κ3) is 3.13. The fourth-order valence-electron chi connectivity index (χ4n) is 2.65. The van der Waals surface area contributed by atoms with E-state index in [-0.39, 0.29) is 10.6 Å². The number of benzene rings is 1. The molecule has 1 aromatic rings. The van der Waals surface area contributed by atoms with Crippen LogP contribution in [0.3, 0.4) is 0 Å². The van der Waals surface area contributed by atoms with Crippen LogP contribution in [0.4, 0.5) is 5.69 Å². The summed E-state index contributed by atoms with van der Waals surface area (Å²) in [4.78, 5) is 10.4. The summed E-state index contributed by atoms with van der Waals surface area (Å²) >= 11 is 0. The van der Waals surface area contributed by atoms with Crippen LogP contribution in [0.2, 0.25) is 0 Å². The number of hydrogen-bond acceptors (Lipinski definition) is 5. The highest BCUT2D eigenvalue weighted by molar-refractivity contribution is 7.89. The van der Waals surface area contributed by atoms with Crippen molar-refractivity contribution in [3.05, 3.63) is 33.4 Å². The van der Waals surface area contributed by atoms with Crippen LogP contribution in [0.25, 0.3) is 0 Å². The number of aryl methyl sites for hydroxylation is 2. The lowest BCUT2D eigenvalue weighted by molar-refractivity contribution is -0.387. The molecule has 1 fully saturated rings. The first-order valence-electron chi connectivity index (χ1n) is 7.20. The van der Waals surface area contributed by atoms with E-state index in [4.69, 9.17) is 0 Å². The molecule has 0 unspecified atom stereocenters. The van der Waals surface area contributed by atoms with Crippen LogP contribution in [0.15, 0.2) is 17.0 Å². The molecule has 1 aliphatic heterocycles. The molecule has 2 rings (SSSR count). The van der Waals surface area contributed by atoms with Crippen molar-refractivity contribution in [1.82, 2.24) is 9.62 Å². The minimum Gasteiger partial charge on any atom is -0.317 e. The normalized spacial score (nSPS) is 17.6. The highest BCUT2D eigenvalue weighted by atomic mass is 32.2. The topological polar surface area (TPSA) is 92.6 Å². The number of hydrogen-bond donors (Lipinski definition) is 1. The van der Waals surface area contributed by atoms with Crippen molar-refractivity contribution in [2.45, 2.75) is 37.6 Å². The lowest BCUT2D eigenvalue weighted by atomic mass is 10.1. The van der Waals surface area contributed by atoms with E-state index >= 15 is 0 Å². The van der Waals surface area contributed by atoms with Gasteiger partial charge in [-0.05, 0) is 50.9 Å². The average molecular weight is 327 g/mol. The van der Waals surface area contributed by atoms with Crippen molar-refractivity contribution in [3.63, 3.8) is 0 Å². The van der Waals surface area contributed by atoms with E-state index < -0.39 is 14.9 Å². The molecule has 0 bridgehead atoms. The van der Waals surface area contributed by atoms with E-state index in [1.165, 1.54) is 16.4 Å². The smallest absolute Gasteiger partial charge is 0.289 e. The van der Waals surface area contributed by atoms with E-state index in [1.54, 1.807) is 13.8 Å². The van der Waals surface area contributed by atoms with E-state index in [9.17, 15) is 18.5 Å². The molecule has 22 heavy (non-hydrogen) atoms. The van der Waals surface area contributed by atoms with Gasteiger partial charge in [-0.15, -0.1) is 0 Å². The van der Waals surface area contributed by atoms with Gasteiger partial charge in [0.15, 0.2) is 4.90 Å². The third-order valence-corrected chi connectivity index (χ3v) is 6.18. The molecule has 0 amide bonds. The Hall–Kier alpha value is -1.51. The van der Waals surface area contributed by atoms with Crippen molar-refractivity contribution < 1.29 is 13.3 Å². The van der Waals surface area contributed by atoms with Crippen LogP contribution in [0.1, 0.15) is 24.0 Å². The molecule has 1 heterocycles. The highest BCUT2D eigenvalue weighted by Gasteiger charge is 2.34. The Morgan fingerprint density at radius 2 is 1.77 bits per heavy atom. The van der Waals surface area contributed by atoms with Gasteiger partial charge in [-0.25, -0.2) is 8.42 Å². The first-order chi connectivity index (χ1) is 10.3. The second-order valence-electron chi connectivity index (χ2n) is 5.63. The van der Waals surface area contributed by atoms with Crippen LogP contribution in [-0.2, 0) is 10.0 Å². The molecular weight excluding hydrogens is 306 g/mol. The Morgan fingerprint density at radius 1 is 1.23 bits per heavy atom. The molecule has 1 aromatic carbocycles. The zero-order valence-corrected chi connectivity index (χ0v) is 13.8. The Balaban J connectivity index is 2.42. The summed E-state index contributed by atoms with van der Waals surface area (Å²) in [6, 6.07) is 3.04. The summed E-state index contributed by atoms with van der Waals surface area (Å²) in [5, 5.41) is 14.4. The van der Waals surface area contributed by atoms with Crippen LogP contribution in [-0.4, -0.2) is 43.8 Å². The van der Waals surface area contributed by atoms with Crippen molar-refractivity contribution >= 4 is 15.7 Å². The quantitative estimate of drug-likeness (QED) is 0.669. The summed E-state index contributed by atoms with van der Waals surface area (Å²) < 4.78 is 26.9. The highest BCUT2D eigenvalue weighted by Crippen LogP contribution is 2.31. The zero-order valence-electron chi connectivity index (χ0n) is 13.0. The molecule has 0 atom stereocenters. The number of nitro benzene ring substituents is 1. The SMILES string of the molecule is CNC1CCN(S(=O)(=O)c2cc(C)c(C)cc2[N+](=O)[O-])CC1. The van der Waals surface area contributed by atoms with Crippen molar-refractivity contribution in [3.8, 4) is 0 Å². The van der Waals surface area contributed by atoms with Crippen molar-refractivity contribution in [2.24, 2.45) is 0 Å². The van der Waals surface area contributed by atoms with Gasteiger partial charge in [0.05, 0.1) is 4.92 Å². The van der Waals surface area contributed by atoms with Crippen LogP contribution >= 0.6 is 0 Å². The van der Waals surface area contributed by atoms with E-state index in [2.05, 4.69) is 5.32 Å². The van der Waals surface area contributed by atoms with E-state index in [1.807, 2.05) is 7.05 Å². The Labute approximate surface area is 130 Å². The molecule has 1 N–H and O–H groups in total. The maximum atomic E-state index is 12.8. The number of rotatable bonds is 4. The number of sulfonamides is 1. The van der Waals surface area contributed by atoms with Gasteiger partial charge in [0, 0.05) is 25.2 Å². The molecule has 0 saturated carbocycles. The minimum atomic E-state index is -3.84. The summed E-state index contributed by atoms with van der Waals surface area (Å²) in [5.74, 6) is 0. The Bertz CT molecular complexity index is 680. The zero-order chi connectivity index (χ0) is 16.5. The molecule has 1 aliphatic rings. The average Bonchev–Trinajstić information content (AvgIpc) is 2.49. The molecule has 0 spiro atoms. The number of nitrogens with zero attached hydrogens (tertiary/aromatic N) is 2. The maximum Gasteiger partial charge on any atom is 0.289 e. The van der Waals surface area contributed by atoms with Gasteiger partial charge in [0.25, 0.3) is 5.69 Å². The molecule has 0 aromatic heterocycles. The van der Waals surface area contributed by atoms with Gasteiger partial charge < -0.3 is 5.32 Å². The number of nitrogens with one attached hydrogen (secondary N) is 1. The minimum absolute atomic E-state index is 0.205. The molecule has 7 nitrogen and oxygen atoms in total. The molecule has 0 aliphatic carbocycles. The summed E-state index contributed by atoms with van der Waals surface area (Å²) in [6.07, 6.45) is 1.41. The fourth-order valence-corrected chi connectivity index (χ4v) is 4.34. The van der Waals surface area contributed by atoms with Gasteiger partial charge >= 0.3 is 0 Å². The second kappa shape index (κ2) is 6.31. The van der Waals surface area contributed by atoms with E-state index in [0.717, 1.165) is 5.56 Å². The Morgan fingerprint density at radius 3 is 2.27 bits per heavy atom. The third-order valence-electron chi connectivity index (χ3n) is 4.25. The second-order valence-corrected chi connectivity index (χ2v) is 7.53. The van der Waals surface area contributed by atoms with E-state index in [0.29, 0.717) is 37.5 Å². The molecule has 122 valence electrons. The summed E-state index contributed by atoms with van der Waals surface area (Å²) in [5.41, 5.74) is 1.09. The lowest BCUT2D eigenvalue weighted by Gasteiger charge is -2.30. The van der Waals surface area contributed by atoms with Crippen LogP contribution < -0.4 is 5.32 Å². The van der Waals surface area contributed by atoms with Crippen molar-refractivity contribution in [1.29, 1.82) is 0 Å². The summed E-state index contributed by atoms with van der Waals surface area (Å²) in [6.45, 7) is 4.23. The molecule has 8 heteroatoms. The van der Waals surface area contributed by atoms with Gasteiger partial charge in [-0.1, -0.05) is 0 Å². The van der Waals surface area contributed by atoms with Crippen molar-refractivity contribution in [2.75, 3.05) is 20.1 Å². The Kier molecular flexibility index (Phi) is 4.84. The monoisotopic (exact) mass is 327 g/mol. The lowest BCUT2D eigenvalue weighted by Crippen LogP contribution is -2.44. The standard InChI is InChI=1S/C14H21N3O4S/c1-10-8-13(17(18)19)14(9-11(10)2)22(20,21)16-6-4-12(15-3)5-7-16/h8-9,12,15H,4-7H2,1-3H3. The molecule has 1 saturated heterocycles. The first-order valence-corrected chi connectivity index (χ1v) is 8.64. The predicted molar refractivity (Wildman–Crippen MR) is 83.4 cm³/mol. The predicted octanol–water partition coefficient (Wildman–Crippen LogP) is 1.58. The summed E-state index contributed by atoms with van der Waals surface area (Å²) in [7, 11) is -1.99. The molecular formula is C14H21N3O4S. The molecule has 0 radical (unpaired) electrons.